The SMILES string of the molecule is C.C.C.C.C=C.C=C.C=C(C)C.C=NNS(=O)(=O)c1ccc(C)cc1.CCC.CN=O.NCSCO. The van der Waals surface area contributed by atoms with E-state index in [2.05, 4.69) is 63.7 Å². The molecule has 0 aliphatic carbocycles. The Bertz CT molecular complexity index is 617. The molecule has 0 unspecified atom stereocenters. The lowest BCUT2D eigenvalue weighted by Crippen LogP contribution is -2.17. The van der Waals surface area contributed by atoms with E-state index in [0.29, 0.717) is 5.88 Å². The minimum absolute atomic E-state index is 0. The average molecular weight is 557 g/mol. The number of aliphatic hydroxyl groups is 1. The van der Waals surface area contributed by atoms with Gasteiger partial charge in [0.2, 0.25) is 0 Å². The van der Waals surface area contributed by atoms with E-state index in [-0.39, 0.29) is 40.5 Å². The van der Waals surface area contributed by atoms with Crippen LogP contribution < -0.4 is 10.6 Å². The van der Waals surface area contributed by atoms with Crippen LogP contribution in [-0.2, 0) is 10.0 Å². The molecule has 0 atom stereocenters. The molecule has 0 fully saturated rings. The maximum absolute atomic E-state index is 11.3. The van der Waals surface area contributed by atoms with E-state index in [9.17, 15) is 8.42 Å². The van der Waals surface area contributed by atoms with Crippen molar-refractivity contribution in [3.8, 4) is 0 Å². The third-order valence-electron chi connectivity index (χ3n) is 1.73. The Kier molecular flexibility index (Phi) is 104. The average Bonchev–Trinajstić information content (AvgIpc) is 2.73. The highest BCUT2D eigenvalue weighted by molar-refractivity contribution is 7.99. The molecule has 8 nitrogen and oxygen atoms in total. The number of nitrogens with one attached hydrogen (secondary N) is 1. The summed E-state index contributed by atoms with van der Waals surface area (Å²) in [6.07, 6.45) is 1.25. The second kappa shape index (κ2) is 58.5. The summed E-state index contributed by atoms with van der Waals surface area (Å²) in [5, 5.41) is 13.3. The number of hydrogen-bond acceptors (Lipinski definition) is 8. The zero-order valence-electron chi connectivity index (χ0n) is 20.6. The quantitative estimate of drug-likeness (QED) is 0.110. The van der Waals surface area contributed by atoms with Crippen LogP contribution in [0.2, 0.25) is 0 Å². The molecule has 0 spiro atoms. The van der Waals surface area contributed by atoms with Crippen molar-refractivity contribution >= 4 is 28.5 Å². The van der Waals surface area contributed by atoms with Crippen LogP contribution in [0.1, 0.15) is 69.4 Å². The summed E-state index contributed by atoms with van der Waals surface area (Å²) >= 11 is 1.30. The molecule has 0 radical (unpaired) electrons. The van der Waals surface area contributed by atoms with Crippen LogP contribution in [0.3, 0.4) is 0 Å². The third-order valence-corrected chi connectivity index (χ3v) is 3.41. The van der Waals surface area contributed by atoms with Crippen molar-refractivity contribution in [3.05, 3.63) is 73.2 Å². The van der Waals surface area contributed by atoms with Crippen molar-refractivity contribution in [3.63, 3.8) is 0 Å². The first-order valence-corrected chi connectivity index (χ1v) is 11.9. The molecule has 0 amide bonds. The fraction of sp³-hybridized carbons (Fsp3) is 0.500. The fourth-order valence-corrected chi connectivity index (χ4v) is 1.78. The Labute approximate surface area is 230 Å². The lowest BCUT2D eigenvalue weighted by atomic mass is 10.2. The second-order valence-corrected chi connectivity index (χ2v) is 7.82. The lowest BCUT2D eigenvalue weighted by Gasteiger charge is -2.02. The summed E-state index contributed by atoms with van der Waals surface area (Å²) in [5.74, 6) is 0.646. The smallest absolute Gasteiger partial charge is 0.276 e. The lowest BCUT2D eigenvalue weighted by molar-refractivity contribution is 0.375. The van der Waals surface area contributed by atoms with Gasteiger partial charge in [-0.3, -0.25) is 0 Å². The number of nitrogens with two attached hydrogens (primary N) is 1. The Morgan fingerprint density at radius 3 is 1.47 bits per heavy atom. The molecule has 36 heavy (non-hydrogen) atoms. The summed E-state index contributed by atoms with van der Waals surface area (Å²) in [7, 11) is -2.31. The number of nitroso groups, excluding NO2 is 1. The van der Waals surface area contributed by atoms with E-state index in [4.69, 9.17) is 15.7 Å². The molecule has 0 saturated heterocycles. The van der Waals surface area contributed by atoms with Crippen molar-refractivity contribution in [2.75, 3.05) is 18.9 Å². The Morgan fingerprint density at radius 2 is 1.31 bits per heavy atom. The summed E-state index contributed by atoms with van der Waals surface area (Å²) < 4.78 is 22.6. The van der Waals surface area contributed by atoms with Crippen molar-refractivity contribution in [1.29, 1.82) is 0 Å². The molecule has 220 valence electrons. The largest absolute Gasteiger partial charge is 0.386 e. The molecule has 0 aliphatic heterocycles. The minimum atomic E-state index is -3.51. The van der Waals surface area contributed by atoms with Gasteiger partial charge in [0.1, 0.15) is 0 Å². The minimum Gasteiger partial charge on any atom is -0.386 e. The first-order chi connectivity index (χ1) is 15.0. The van der Waals surface area contributed by atoms with Gasteiger partial charge in [-0.2, -0.15) is 18.4 Å². The Morgan fingerprint density at radius 1 is 1.03 bits per heavy atom. The topological polar surface area (TPSA) is 134 Å². The van der Waals surface area contributed by atoms with Gasteiger partial charge in [-0.05, 0) is 32.9 Å². The molecule has 1 rings (SSSR count). The molecule has 1 aromatic rings. The van der Waals surface area contributed by atoms with Gasteiger partial charge in [-0.15, -0.1) is 44.7 Å². The van der Waals surface area contributed by atoms with Crippen LogP contribution in [0, 0.1) is 11.8 Å². The van der Waals surface area contributed by atoms with Gasteiger partial charge in [0, 0.05) is 12.6 Å². The number of aryl methyl sites for hydroxylation is 1. The van der Waals surface area contributed by atoms with Gasteiger partial charge >= 0.3 is 0 Å². The van der Waals surface area contributed by atoms with Crippen molar-refractivity contribution in [2.45, 2.75) is 75.6 Å². The molecule has 0 aliphatic rings. The van der Waals surface area contributed by atoms with Gasteiger partial charge in [0.15, 0.2) is 0 Å². The van der Waals surface area contributed by atoms with Crippen molar-refractivity contribution in [1.82, 2.24) is 4.83 Å². The molecule has 1 aromatic carbocycles. The number of nitrogens with zero attached hydrogens (tertiary/aromatic N) is 2. The number of hydrazone groups is 1. The van der Waals surface area contributed by atoms with E-state index in [1.54, 1.807) is 12.1 Å². The fourth-order valence-electron chi connectivity index (χ4n) is 0.908. The number of sulfonamides is 1. The summed E-state index contributed by atoms with van der Waals surface area (Å²) in [5.41, 5.74) is 7.11. The van der Waals surface area contributed by atoms with Crippen molar-refractivity contribution < 1.29 is 13.5 Å². The summed E-state index contributed by atoms with van der Waals surface area (Å²) in [6.45, 7) is 28.7. The molecule has 0 bridgehead atoms. The van der Waals surface area contributed by atoms with Gasteiger partial charge in [-0.25, -0.2) is 4.83 Å². The molecule has 4 N–H and O–H groups in total. The van der Waals surface area contributed by atoms with E-state index >= 15 is 0 Å². The maximum atomic E-state index is 11.3. The number of aliphatic hydroxyl groups excluding tert-OH is 1. The van der Waals surface area contributed by atoms with Crippen LogP contribution in [0.4, 0.5) is 0 Å². The summed E-state index contributed by atoms with van der Waals surface area (Å²) in [6, 6.07) is 6.47. The molecule has 0 aromatic heterocycles. The third kappa shape index (κ3) is 77.0. The highest BCUT2D eigenvalue weighted by atomic mass is 32.2. The molecular formula is C26H60N4O4S2. The molecular weight excluding hydrogens is 496 g/mol. The predicted octanol–water partition coefficient (Wildman–Crippen LogP) is 8.00. The molecule has 10 heteroatoms. The predicted molar refractivity (Wildman–Crippen MR) is 172 cm³/mol. The zero-order chi connectivity index (χ0) is 27.0. The van der Waals surface area contributed by atoms with Crippen LogP contribution in [0.5, 0.6) is 0 Å². The van der Waals surface area contributed by atoms with Gasteiger partial charge in [0.25, 0.3) is 10.0 Å². The van der Waals surface area contributed by atoms with Crippen LogP contribution >= 0.6 is 11.8 Å². The number of rotatable bonds is 5. The highest BCUT2D eigenvalue weighted by Gasteiger charge is 2.10. The van der Waals surface area contributed by atoms with Gasteiger partial charge in [0.05, 0.1) is 17.9 Å². The maximum Gasteiger partial charge on any atom is 0.276 e. The van der Waals surface area contributed by atoms with Crippen LogP contribution in [-0.4, -0.2) is 39.1 Å². The van der Waals surface area contributed by atoms with Crippen LogP contribution in [0.15, 0.2) is 77.9 Å². The Hall–Kier alpha value is -2.27. The normalized spacial score (nSPS) is 6.89. The molecule has 0 saturated carbocycles. The monoisotopic (exact) mass is 556 g/mol. The number of thioether (sulfide) groups is 1. The van der Waals surface area contributed by atoms with E-state index in [1.807, 2.05) is 25.6 Å². The first kappa shape index (κ1) is 64.2. The summed E-state index contributed by atoms with van der Waals surface area (Å²) in [4.78, 5) is 10.7. The van der Waals surface area contributed by atoms with Crippen LogP contribution in [0.25, 0.3) is 0 Å². The standard InChI is InChI=1S/C8H10N2O2S.C4H8.C3H8.C2H7NOS.2C2H4.CH3NO.4CH4/c1-7-3-5-8(6-4-7)13(11,12)10-9-2;1-4(2)3;1-3-2;3-1-5-2-4;2*1-2;1-2-3;;;;/h3-6,10H,2H2,1H3;1H2,2-3H3;3H2,1-2H3;4H,1-3H2;2*1-2H2;1H3;4*1H4. The number of allylic oxidation sites excluding steroid dienone is 1. The van der Waals surface area contributed by atoms with Gasteiger partial charge in [-0.1, -0.05) is 78.4 Å². The molecule has 0 heterocycles. The first-order valence-electron chi connectivity index (χ1n) is 9.30. The highest BCUT2D eigenvalue weighted by Crippen LogP contribution is 2.09. The van der Waals surface area contributed by atoms with Gasteiger partial charge < -0.3 is 10.8 Å². The number of hydrogen-bond donors (Lipinski definition) is 3. The van der Waals surface area contributed by atoms with Crippen molar-refractivity contribution in [2.24, 2.45) is 16.0 Å². The zero-order valence-corrected chi connectivity index (χ0v) is 22.3. The van der Waals surface area contributed by atoms with E-state index < -0.39 is 10.0 Å². The van der Waals surface area contributed by atoms with E-state index in [1.165, 1.54) is 42.9 Å². The van der Waals surface area contributed by atoms with E-state index in [0.717, 1.165) is 5.56 Å². The second-order valence-electron chi connectivity index (χ2n) is 5.16. The number of benzene rings is 1. The Balaban J connectivity index is -0.0000000315.